The van der Waals surface area contributed by atoms with Crippen LogP contribution >= 0.6 is 11.3 Å². The van der Waals surface area contributed by atoms with Crippen LogP contribution in [0.25, 0.3) is 0 Å². The number of aryl methyl sites for hydroxylation is 1. The molecule has 0 N–H and O–H groups in total. The maximum Gasteiger partial charge on any atom is 0.122 e. The van der Waals surface area contributed by atoms with E-state index in [9.17, 15) is 9.90 Å². The fourth-order valence-electron chi connectivity index (χ4n) is 2.13. The first-order chi connectivity index (χ1) is 10.1. The summed E-state index contributed by atoms with van der Waals surface area (Å²) in [7, 11) is 0. The Morgan fingerprint density at radius 3 is 2.95 bits per heavy atom. The summed E-state index contributed by atoms with van der Waals surface area (Å²) in [5.74, 6) is 0.341. The lowest BCUT2D eigenvalue weighted by molar-refractivity contribution is -0.255. The van der Waals surface area contributed by atoms with Crippen LogP contribution < -0.4 is 9.84 Å². The molecule has 0 radical (unpaired) electrons. The highest BCUT2D eigenvalue weighted by Gasteiger charge is 2.22. The molecule has 0 amide bonds. The van der Waals surface area contributed by atoms with Gasteiger partial charge in [-0.3, -0.25) is 0 Å². The van der Waals surface area contributed by atoms with Crippen LogP contribution in [0, 0.1) is 12.8 Å². The molecule has 2 aromatic rings. The van der Waals surface area contributed by atoms with Crippen molar-refractivity contribution in [2.45, 2.75) is 26.2 Å². The number of carbonyl (C=O) groups excluding carboxylic acids is 1. The maximum atomic E-state index is 10.8. The van der Waals surface area contributed by atoms with Gasteiger partial charge in [-0.15, -0.1) is 11.3 Å². The van der Waals surface area contributed by atoms with Crippen LogP contribution in [0.4, 0.5) is 0 Å². The molecule has 3 rings (SSSR count). The number of thiazole rings is 1. The molecule has 1 aromatic carbocycles. The summed E-state index contributed by atoms with van der Waals surface area (Å²) >= 11 is 1.34. The minimum Gasteiger partial charge on any atom is -0.543 e. The fraction of sp³-hybridized carbons (Fsp3) is 0.375. The van der Waals surface area contributed by atoms with Crippen molar-refractivity contribution in [3.63, 3.8) is 0 Å². The minimum atomic E-state index is -1.23. The standard InChI is InChI=1S/C16H17NO3S/c1-10-2-5-14(20-8-11-3-4-11)12(6-10)7-15-17-13(9-21-15)16(18)19/h2,5-6,9,11H,3-4,7-8H2,1H3,(H,18,19)/p-1. The van der Waals surface area contributed by atoms with E-state index < -0.39 is 5.97 Å². The first kappa shape index (κ1) is 14.1. The van der Waals surface area contributed by atoms with Gasteiger partial charge in [0.05, 0.1) is 23.3 Å². The summed E-state index contributed by atoms with van der Waals surface area (Å²) in [6.07, 6.45) is 3.09. The van der Waals surface area contributed by atoms with Crippen LogP contribution in [0.1, 0.15) is 39.5 Å². The zero-order valence-electron chi connectivity index (χ0n) is 11.8. The van der Waals surface area contributed by atoms with Crippen LogP contribution in [0.3, 0.4) is 0 Å². The van der Waals surface area contributed by atoms with Gasteiger partial charge in [-0.25, -0.2) is 4.98 Å². The van der Waals surface area contributed by atoms with Crippen LogP contribution in [0.5, 0.6) is 5.75 Å². The van der Waals surface area contributed by atoms with Crippen molar-refractivity contribution < 1.29 is 14.6 Å². The molecule has 110 valence electrons. The molecule has 1 heterocycles. The Morgan fingerprint density at radius 1 is 1.48 bits per heavy atom. The van der Waals surface area contributed by atoms with Crippen LogP contribution in [-0.2, 0) is 6.42 Å². The third-order valence-corrected chi connectivity index (χ3v) is 4.34. The number of carboxylic acids is 1. The lowest BCUT2D eigenvalue weighted by Gasteiger charge is -2.11. The monoisotopic (exact) mass is 302 g/mol. The van der Waals surface area contributed by atoms with Crippen LogP contribution in [0.2, 0.25) is 0 Å². The minimum absolute atomic E-state index is 0.00287. The Bertz CT molecular complexity index is 661. The van der Waals surface area contributed by atoms with Gasteiger partial charge in [-0.2, -0.15) is 0 Å². The number of carboxylic acid groups (broad SMARTS) is 1. The molecule has 1 fully saturated rings. The smallest absolute Gasteiger partial charge is 0.122 e. The molecule has 0 bridgehead atoms. The lowest BCUT2D eigenvalue weighted by atomic mass is 10.1. The normalized spacial score (nSPS) is 14.1. The number of aromatic nitrogens is 1. The van der Waals surface area contributed by atoms with Crippen molar-refractivity contribution in [1.29, 1.82) is 0 Å². The van der Waals surface area contributed by atoms with E-state index in [4.69, 9.17) is 4.74 Å². The highest BCUT2D eigenvalue weighted by atomic mass is 32.1. The SMILES string of the molecule is Cc1ccc(OCC2CC2)c(Cc2nc(C(=O)[O-])cs2)c1. The summed E-state index contributed by atoms with van der Waals surface area (Å²) < 4.78 is 5.89. The molecule has 1 aromatic heterocycles. The molecule has 0 spiro atoms. The first-order valence-electron chi connectivity index (χ1n) is 7.00. The Labute approximate surface area is 127 Å². The van der Waals surface area contributed by atoms with Gasteiger partial charge in [0, 0.05) is 17.4 Å². The molecule has 0 saturated heterocycles. The van der Waals surface area contributed by atoms with Crippen LogP contribution in [0.15, 0.2) is 23.6 Å². The number of ether oxygens (including phenoxy) is 1. The second-order valence-electron chi connectivity index (χ2n) is 5.46. The van der Waals surface area contributed by atoms with Crippen LogP contribution in [-0.4, -0.2) is 17.6 Å². The van der Waals surface area contributed by atoms with Crippen molar-refractivity contribution >= 4 is 17.3 Å². The number of aromatic carboxylic acids is 1. The molecule has 1 aliphatic rings. The van der Waals surface area contributed by atoms with Crippen molar-refractivity contribution in [3.8, 4) is 5.75 Å². The predicted molar refractivity (Wildman–Crippen MR) is 78.6 cm³/mol. The van der Waals surface area contributed by atoms with E-state index in [-0.39, 0.29) is 5.69 Å². The molecular formula is C16H16NO3S-. The second-order valence-corrected chi connectivity index (χ2v) is 6.40. The number of nitrogens with zero attached hydrogens (tertiary/aromatic N) is 1. The van der Waals surface area contributed by atoms with E-state index in [0.29, 0.717) is 12.3 Å². The van der Waals surface area contributed by atoms with Gasteiger partial charge in [-0.1, -0.05) is 17.7 Å². The maximum absolute atomic E-state index is 10.8. The third-order valence-electron chi connectivity index (χ3n) is 3.49. The molecule has 5 heteroatoms. The fourth-order valence-corrected chi connectivity index (χ4v) is 2.91. The average Bonchev–Trinajstić information content (AvgIpc) is 3.15. The van der Waals surface area contributed by atoms with Gasteiger partial charge in [-0.05, 0) is 31.7 Å². The highest BCUT2D eigenvalue weighted by molar-refractivity contribution is 7.09. The van der Waals surface area contributed by atoms with Crippen molar-refractivity contribution in [3.05, 3.63) is 45.4 Å². The third kappa shape index (κ3) is 3.61. The molecule has 1 saturated carbocycles. The predicted octanol–water partition coefficient (Wildman–Crippen LogP) is 2.19. The number of hydrogen-bond acceptors (Lipinski definition) is 5. The van der Waals surface area contributed by atoms with Crippen molar-refractivity contribution in [2.24, 2.45) is 5.92 Å². The molecule has 0 unspecified atom stereocenters. The quantitative estimate of drug-likeness (QED) is 0.820. The highest BCUT2D eigenvalue weighted by Crippen LogP contribution is 2.31. The van der Waals surface area contributed by atoms with Gasteiger partial charge in [0.25, 0.3) is 0 Å². The molecule has 21 heavy (non-hydrogen) atoms. The average molecular weight is 302 g/mol. The van der Waals surface area contributed by atoms with Gasteiger partial charge in [0.1, 0.15) is 5.75 Å². The summed E-state index contributed by atoms with van der Waals surface area (Å²) in [4.78, 5) is 14.9. The van der Waals surface area contributed by atoms with E-state index >= 15 is 0 Å². The molecular weight excluding hydrogens is 286 g/mol. The van der Waals surface area contributed by atoms with Crippen molar-refractivity contribution in [2.75, 3.05) is 6.61 Å². The van der Waals surface area contributed by atoms with E-state index in [0.717, 1.165) is 28.5 Å². The van der Waals surface area contributed by atoms with E-state index in [1.807, 2.05) is 19.1 Å². The molecule has 0 aliphatic heterocycles. The number of hydrogen-bond donors (Lipinski definition) is 0. The Kier molecular flexibility index (Phi) is 3.92. The molecule has 4 nitrogen and oxygen atoms in total. The molecule has 1 aliphatic carbocycles. The van der Waals surface area contributed by atoms with E-state index in [1.54, 1.807) is 0 Å². The van der Waals surface area contributed by atoms with Gasteiger partial charge < -0.3 is 14.6 Å². The van der Waals surface area contributed by atoms with Gasteiger partial charge in [0.2, 0.25) is 0 Å². The summed E-state index contributed by atoms with van der Waals surface area (Å²) in [5, 5.41) is 13.1. The largest absolute Gasteiger partial charge is 0.543 e. The Morgan fingerprint density at radius 2 is 2.29 bits per heavy atom. The second kappa shape index (κ2) is 5.85. The van der Waals surface area contributed by atoms with Gasteiger partial charge in [0.15, 0.2) is 0 Å². The summed E-state index contributed by atoms with van der Waals surface area (Å²) in [5.41, 5.74) is 2.21. The number of rotatable bonds is 6. The van der Waals surface area contributed by atoms with Gasteiger partial charge >= 0.3 is 0 Å². The lowest BCUT2D eigenvalue weighted by Crippen LogP contribution is -2.22. The summed E-state index contributed by atoms with van der Waals surface area (Å²) in [6, 6.07) is 6.09. The van der Waals surface area contributed by atoms with Crippen molar-refractivity contribution in [1.82, 2.24) is 4.98 Å². The zero-order valence-corrected chi connectivity index (χ0v) is 12.6. The first-order valence-corrected chi connectivity index (χ1v) is 7.88. The summed E-state index contributed by atoms with van der Waals surface area (Å²) in [6.45, 7) is 2.79. The Hall–Kier alpha value is -1.88. The topological polar surface area (TPSA) is 62.2 Å². The number of benzene rings is 1. The zero-order chi connectivity index (χ0) is 14.8. The van der Waals surface area contributed by atoms with E-state index in [2.05, 4.69) is 11.1 Å². The number of carbonyl (C=O) groups is 1. The molecule has 0 atom stereocenters. The van der Waals surface area contributed by atoms with E-state index in [1.165, 1.54) is 29.6 Å². The Balaban J connectivity index is 1.77.